The Morgan fingerprint density at radius 1 is 1.19 bits per heavy atom. The van der Waals surface area contributed by atoms with Crippen LogP contribution in [0.5, 0.6) is 0 Å². The molecule has 2 amide bonds. The van der Waals surface area contributed by atoms with Crippen molar-refractivity contribution in [1.82, 2.24) is 14.7 Å². The van der Waals surface area contributed by atoms with Crippen LogP contribution < -0.4 is 5.32 Å². The third-order valence-corrected chi connectivity index (χ3v) is 5.00. The summed E-state index contributed by atoms with van der Waals surface area (Å²) < 4.78 is 6.88. The Hall–Kier alpha value is -3.06. The van der Waals surface area contributed by atoms with Gasteiger partial charge >= 0.3 is 0 Å². The van der Waals surface area contributed by atoms with E-state index in [2.05, 4.69) is 31.2 Å². The summed E-state index contributed by atoms with van der Waals surface area (Å²) in [6, 6.07) is 12.1. The molecule has 0 aliphatic heterocycles. The van der Waals surface area contributed by atoms with Gasteiger partial charge in [-0.1, -0.05) is 32.4 Å². The van der Waals surface area contributed by atoms with Crippen molar-refractivity contribution in [2.24, 2.45) is 0 Å². The largest absolute Gasteiger partial charge is 0.459 e. The van der Waals surface area contributed by atoms with E-state index in [0.717, 1.165) is 11.4 Å². The van der Waals surface area contributed by atoms with Gasteiger partial charge in [0.2, 0.25) is 5.91 Å². The molecule has 0 unspecified atom stereocenters. The van der Waals surface area contributed by atoms with Crippen LogP contribution in [-0.4, -0.2) is 39.1 Å². The highest BCUT2D eigenvalue weighted by atomic mass is 35.5. The van der Waals surface area contributed by atoms with Crippen molar-refractivity contribution >= 4 is 29.2 Å². The second-order valence-electron chi connectivity index (χ2n) is 8.61. The number of halogens is 1. The van der Waals surface area contributed by atoms with Crippen molar-refractivity contribution < 1.29 is 14.0 Å². The molecular weight excluding hydrogens is 416 g/mol. The maximum Gasteiger partial charge on any atom is 0.290 e. The summed E-state index contributed by atoms with van der Waals surface area (Å²) in [5.74, 6) is 0.0510. The quantitative estimate of drug-likeness (QED) is 0.588. The maximum atomic E-state index is 12.9. The molecule has 0 bridgehead atoms. The Bertz CT molecular complexity index is 1050. The van der Waals surface area contributed by atoms with Crippen LogP contribution in [0.4, 0.5) is 5.82 Å². The van der Waals surface area contributed by atoms with Crippen LogP contribution in [-0.2, 0) is 10.2 Å². The summed E-state index contributed by atoms with van der Waals surface area (Å²) in [6.45, 7) is 9.74. The molecule has 7 nitrogen and oxygen atoms in total. The minimum absolute atomic E-state index is 0.117. The number of nitrogens with one attached hydrogen (secondary N) is 1. The Kier molecular flexibility index (Phi) is 6.55. The zero-order chi connectivity index (χ0) is 22.8. The number of anilines is 1. The lowest BCUT2D eigenvalue weighted by Crippen LogP contribution is -2.42. The normalized spacial score (nSPS) is 11.6. The molecule has 0 fully saturated rings. The fourth-order valence-electron chi connectivity index (χ4n) is 2.98. The first kappa shape index (κ1) is 22.6. The van der Waals surface area contributed by atoms with Gasteiger partial charge in [0.15, 0.2) is 5.76 Å². The van der Waals surface area contributed by atoms with Gasteiger partial charge in [0.1, 0.15) is 12.4 Å². The van der Waals surface area contributed by atoms with Crippen LogP contribution in [0.25, 0.3) is 5.69 Å². The molecule has 0 atom stereocenters. The molecule has 164 valence electrons. The van der Waals surface area contributed by atoms with Crippen LogP contribution in [0.1, 0.15) is 50.9 Å². The highest BCUT2D eigenvalue weighted by Gasteiger charge is 2.25. The molecule has 0 aliphatic carbocycles. The zero-order valence-electron chi connectivity index (χ0n) is 18.3. The number of nitrogens with zero attached hydrogens (tertiary/aromatic N) is 3. The van der Waals surface area contributed by atoms with Crippen LogP contribution in [0.2, 0.25) is 5.02 Å². The number of benzene rings is 1. The predicted octanol–water partition coefficient (Wildman–Crippen LogP) is 4.91. The van der Waals surface area contributed by atoms with Crippen molar-refractivity contribution in [3.63, 3.8) is 0 Å². The molecule has 0 aliphatic rings. The number of carbonyl (C=O) groups excluding carboxylic acids is 2. The first-order valence-corrected chi connectivity index (χ1v) is 10.4. The molecule has 0 spiro atoms. The van der Waals surface area contributed by atoms with E-state index in [1.807, 2.05) is 32.0 Å². The van der Waals surface area contributed by atoms with Gasteiger partial charge in [0.05, 0.1) is 17.6 Å². The standard InChI is InChI=1S/C23H27ClN4O3/c1-15(2)27(22(30)18-7-6-12-31-18)14-21(29)25-20-13-19(23(3,4)5)26-28(20)17-10-8-16(24)9-11-17/h6-13,15H,14H2,1-5H3,(H,25,29). The lowest BCUT2D eigenvalue weighted by Gasteiger charge is -2.25. The Morgan fingerprint density at radius 3 is 2.42 bits per heavy atom. The second-order valence-corrected chi connectivity index (χ2v) is 9.04. The molecule has 8 heteroatoms. The highest BCUT2D eigenvalue weighted by molar-refractivity contribution is 6.30. The third kappa shape index (κ3) is 5.35. The van der Waals surface area contributed by atoms with E-state index in [1.165, 1.54) is 11.2 Å². The van der Waals surface area contributed by atoms with Gasteiger partial charge in [-0.05, 0) is 50.2 Å². The average molecular weight is 443 g/mol. The van der Waals surface area contributed by atoms with E-state index in [1.54, 1.807) is 28.9 Å². The molecule has 0 saturated heterocycles. The lowest BCUT2D eigenvalue weighted by molar-refractivity contribution is -0.117. The Morgan fingerprint density at radius 2 is 1.87 bits per heavy atom. The van der Waals surface area contributed by atoms with Gasteiger partial charge < -0.3 is 14.6 Å². The summed E-state index contributed by atoms with van der Waals surface area (Å²) in [5, 5.41) is 8.21. The number of rotatable bonds is 6. The predicted molar refractivity (Wildman–Crippen MR) is 121 cm³/mol. The van der Waals surface area contributed by atoms with Crippen molar-refractivity contribution in [3.05, 3.63) is 65.2 Å². The summed E-state index contributed by atoms with van der Waals surface area (Å²) >= 11 is 6.02. The van der Waals surface area contributed by atoms with Gasteiger partial charge in [-0.2, -0.15) is 5.10 Å². The van der Waals surface area contributed by atoms with E-state index >= 15 is 0 Å². The zero-order valence-corrected chi connectivity index (χ0v) is 19.1. The maximum absolute atomic E-state index is 12.9. The minimum Gasteiger partial charge on any atom is -0.459 e. The van der Waals surface area contributed by atoms with Gasteiger partial charge in [0, 0.05) is 22.5 Å². The van der Waals surface area contributed by atoms with Gasteiger partial charge in [-0.25, -0.2) is 4.68 Å². The van der Waals surface area contributed by atoms with Crippen LogP contribution in [0.15, 0.2) is 53.1 Å². The number of carbonyl (C=O) groups is 2. The van der Waals surface area contributed by atoms with Crippen molar-refractivity contribution in [1.29, 1.82) is 0 Å². The molecule has 1 N–H and O–H groups in total. The first-order chi connectivity index (χ1) is 14.6. The molecule has 2 aromatic heterocycles. The van der Waals surface area contributed by atoms with Crippen molar-refractivity contribution in [2.75, 3.05) is 11.9 Å². The van der Waals surface area contributed by atoms with Crippen LogP contribution in [0.3, 0.4) is 0 Å². The molecule has 3 aromatic rings. The summed E-state index contributed by atoms with van der Waals surface area (Å²) in [5.41, 5.74) is 1.38. The average Bonchev–Trinajstić information content (AvgIpc) is 3.36. The highest BCUT2D eigenvalue weighted by Crippen LogP contribution is 2.27. The smallest absolute Gasteiger partial charge is 0.290 e. The van der Waals surface area contributed by atoms with E-state index in [9.17, 15) is 9.59 Å². The summed E-state index contributed by atoms with van der Waals surface area (Å²) in [6.07, 6.45) is 1.44. The van der Waals surface area contributed by atoms with Crippen molar-refractivity contribution in [2.45, 2.75) is 46.1 Å². The van der Waals surface area contributed by atoms with Crippen molar-refractivity contribution in [3.8, 4) is 5.69 Å². The number of aromatic nitrogens is 2. The van der Waals surface area contributed by atoms with E-state index in [0.29, 0.717) is 10.8 Å². The molecule has 0 saturated carbocycles. The number of furan rings is 1. The number of hydrogen-bond acceptors (Lipinski definition) is 4. The lowest BCUT2D eigenvalue weighted by atomic mass is 9.92. The fraction of sp³-hybridized carbons (Fsp3) is 0.348. The summed E-state index contributed by atoms with van der Waals surface area (Å²) in [4.78, 5) is 27.1. The minimum atomic E-state index is -0.336. The number of amides is 2. The molecule has 0 radical (unpaired) electrons. The number of hydrogen-bond donors (Lipinski definition) is 1. The third-order valence-electron chi connectivity index (χ3n) is 4.75. The summed E-state index contributed by atoms with van der Waals surface area (Å²) in [7, 11) is 0. The molecule has 1 aromatic carbocycles. The van der Waals surface area contributed by atoms with Crippen LogP contribution in [0, 0.1) is 0 Å². The fourth-order valence-corrected chi connectivity index (χ4v) is 3.11. The Balaban J connectivity index is 1.86. The second kappa shape index (κ2) is 8.98. The SMILES string of the molecule is CC(C)N(CC(=O)Nc1cc(C(C)(C)C)nn1-c1ccc(Cl)cc1)C(=O)c1ccco1. The molecule has 3 rings (SSSR count). The van der Waals surface area contributed by atoms with E-state index in [4.69, 9.17) is 16.0 Å². The van der Waals surface area contributed by atoms with Gasteiger partial charge in [0.25, 0.3) is 5.91 Å². The molecule has 2 heterocycles. The van der Waals surface area contributed by atoms with E-state index < -0.39 is 0 Å². The van der Waals surface area contributed by atoms with Gasteiger partial charge in [-0.3, -0.25) is 9.59 Å². The Labute approximate surface area is 187 Å². The van der Waals surface area contributed by atoms with E-state index in [-0.39, 0.29) is 35.6 Å². The first-order valence-electron chi connectivity index (χ1n) is 10.1. The molecule has 31 heavy (non-hydrogen) atoms. The topological polar surface area (TPSA) is 80.4 Å². The monoisotopic (exact) mass is 442 g/mol. The van der Waals surface area contributed by atoms with Crippen LogP contribution >= 0.6 is 11.6 Å². The molecular formula is C23H27ClN4O3. The van der Waals surface area contributed by atoms with Gasteiger partial charge in [-0.15, -0.1) is 0 Å².